The summed E-state index contributed by atoms with van der Waals surface area (Å²) in [6, 6.07) is 0. The Morgan fingerprint density at radius 2 is 2.38 bits per heavy atom. The van der Waals surface area contributed by atoms with Crippen LogP contribution in [0.4, 0.5) is 0 Å². The van der Waals surface area contributed by atoms with Crippen molar-refractivity contribution in [1.29, 1.82) is 0 Å². The van der Waals surface area contributed by atoms with Gasteiger partial charge in [0.25, 0.3) is 0 Å². The first-order valence-electron chi connectivity index (χ1n) is 3.91. The molecule has 0 N–H and O–H groups in total. The summed E-state index contributed by atoms with van der Waals surface area (Å²) in [4.78, 5) is 19.3. The van der Waals surface area contributed by atoms with Gasteiger partial charge in [-0.05, 0) is 5.57 Å². The molecule has 1 heterocycles. The van der Waals surface area contributed by atoms with E-state index in [0.717, 1.165) is 16.5 Å². The van der Waals surface area contributed by atoms with E-state index in [4.69, 9.17) is 0 Å². The summed E-state index contributed by atoms with van der Waals surface area (Å²) >= 11 is 3.37. The van der Waals surface area contributed by atoms with Gasteiger partial charge >= 0.3 is 0 Å². The van der Waals surface area contributed by atoms with Gasteiger partial charge in [0.1, 0.15) is 12.0 Å². The van der Waals surface area contributed by atoms with Crippen LogP contribution in [0.3, 0.4) is 0 Å². The van der Waals surface area contributed by atoms with Gasteiger partial charge in [0, 0.05) is 23.5 Å². The average molecular weight is 239 g/mol. The van der Waals surface area contributed by atoms with E-state index in [1.165, 1.54) is 6.33 Å². The van der Waals surface area contributed by atoms with E-state index in [1.807, 2.05) is 6.08 Å². The Labute approximate surface area is 84.0 Å². The Bertz CT molecular complexity index is 387. The number of hydrogen-bond acceptors (Lipinski definition) is 3. The Balaban J connectivity index is 2.58. The average Bonchev–Trinajstić information content (AvgIpc) is 2.19. The van der Waals surface area contributed by atoms with Gasteiger partial charge in [-0.15, -0.1) is 0 Å². The van der Waals surface area contributed by atoms with Crippen molar-refractivity contribution in [3.63, 3.8) is 0 Å². The molecule has 0 atom stereocenters. The fourth-order valence-electron chi connectivity index (χ4n) is 1.34. The van der Waals surface area contributed by atoms with E-state index in [-0.39, 0.29) is 5.78 Å². The normalized spacial score (nSPS) is 15.2. The summed E-state index contributed by atoms with van der Waals surface area (Å²) in [6.07, 6.45) is 5.47. The van der Waals surface area contributed by atoms with Crippen LogP contribution in [0.2, 0.25) is 0 Å². The molecule has 0 aromatic carbocycles. The van der Waals surface area contributed by atoms with Crippen LogP contribution in [-0.4, -0.2) is 21.1 Å². The molecule has 66 valence electrons. The predicted octanol–water partition coefficient (Wildman–Crippen LogP) is 1.84. The third-order valence-electron chi connectivity index (χ3n) is 2.00. The summed E-state index contributed by atoms with van der Waals surface area (Å²) in [5.74, 6) is 0.0714. The lowest BCUT2D eigenvalue weighted by atomic mass is 9.97. The smallest absolute Gasteiger partial charge is 0.185 e. The zero-order chi connectivity index (χ0) is 9.26. The topological polar surface area (TPSA) is 42.9 Å². The third-order valence-corrected chi connectivity index (χ3v) is 2.60. The number of hydrogen-bond donors (Lipinski definition) is 0. The first-order valence-corrected chi connectivity index (χ1v) is 5.03. The highest BCUT2D eigenvalue weighted by atomic mass is 79.9. The molecule has 0 unspecified atom stereocenters. The second kappa shape index (κ2) is 3.38. The molecule has 0 aliphatic heterocycles. The van der Waals surface area contributed by atoms with Gasteiger partial charge < -0.3 is 0 Å². The fourth-order valence-corrected chi connectivity index (χ4v) is 1.87. The number of ketones is 1. The molecule has 4 heteroatoms. The van der Waals surface area contributed by atoms with Crippen molar-refractivity contribution in [3.8, 4) is 0 Å². The van der Waals surface area contributed by atoms with Gasteiger partial charge in [0.2, 0.25) is 0 Å². The van der Waals surface area contributed by atoms with Crippen LogP contribution in [-0.2, 0) is 0 Å². The number of aromatic nitrogens is 2. The molecule has 0 amide bonds. The van der Waals surface area contributed by atoms with Crippen LogP contribution >= 0.6 is 15.9 Å². The number of allylic oxidation sites excluding steroid dienone is 2. The van der Waals surface area contributed by atoms with Crippen molar-refractivity contribution in [2.24, 2.45) is 0 Å². The number of carbonyl (C=O) groups excluding carboxylic acids is 1. The van der Waals surface area contributed by atoms with Crippen LogP contribution in [0, 0.1) is 0 Å². The molecule has 1 aliphatic carbocycles. The van der Waals surface area contributed by atoms with Gasteiger partial charge in [-0.25, -0.2) is 9.97 Å². The molecule has 1 aromatic heterocycles. The minimum atomic E-state index is 0.0714. The lowest BCUT2D eigenvalue weighted by Crippen LogP contribution is -2.11. The number of fused-ring (bicyclic) bond motifs is 1. The molecule has 13 heavy (non-hydrogen) atoms. The molecule has 0 saturated carbocycles. The van der Waals surface area contributed by atoms with E-state index >= 15 is 0 Å². The van der Waals surface area contributed by atoms with E-state index in [0.29, 0.717) is 12.1 Å². The van der Waals surface area contributed by atoms with Crippen molar-refractivity contribution >= 4 is 27.3 Å². The summed E-state index contributed by atoms with van der Waals surface area (Å²) in [6.45, 7) is 0. The van der Waals surface area contributed by atoms with Crippen LogP contribution in [0.5, 0.6) is 0 Å². The molecule has 0 saturated heterocycles. The second-order valence-corrected chi connectivity index (χ2v) is 3.34. The summed E-state index contributed by atoms with van der Waals surface area (Å²) in [5.41, 5.74) is 2.50. The third kappa shape index (κ3) is 1.42. The zero-order valence-electron chi connectivity index (χ0n) is 6.83. The maximum absolute atomic E-state index is 11.4. The van der Waals surface area contributed by atoms with Crippen LogP contribution in [0.1, 0.15) is 22.5 Å². The van der Waals surface area contributed by atoms with Crippen molar-refractivity contribution in [2.75, 3.05) is 5.33 Å². The Hall–Kier alpha value is -1.03. The molecular formula is C9H7BrN2O. The van der Waals surface area contributed by atoms with E-state index in [2.05, 4.69) is 25.9 Å². The highest BCUT2D eigenvalue weighted by molar-refractivity contribution is 9.09. The van der Waals surface area contributed by atoms with Crippen molar-refractivity contribution in [3.05, 3.63) is 29.9 Å². The van der Waals surface area contributed by atoms with E-state index in [9.17, 15) is 4.79 Å². The molecule has 1 aromatic rings. The predicted molar refractivity (Wildman–Crippen MR) is 52.8 cm³/mol. The van der Waals surface area contributed by atoms with Gasteiger partial charge in [-0.2, -0.15) is 0 Å². The summed E-state index contributed by atoms with van der Waals surface area (Å²) < 4.78 is 0. The van der Waals surface area contributed by atoms with Crippen LogP contribution in [0.15, 0.2) is 18.6 Å². The molecule has 0 spiro atoms. The number of rotatable bonds is 1. The minimum absolute atomic E-state index is 0.0714. The molecule has 0 fully saturated rings. The number of carbonyl (C=O) groups is 1. The highest BCUT2D eigenvalue weighted by Crippen LogP contribution is 2.24. The summed E-state index contributed by atoms with van der Waals surface area (Å²) in [7, 11) is 0. The molecule has 1 aliphatic rings. The maximum Gasteiger partial charge on any atom is 0.185 e. The fraction of sp³-hybridized carbons (Fsp3) is 0.222. The monoisotopic (exact) mass is 238 g/mol. The quantitative estimate of drug-likeness (QED) is 0.702. The lowest BCUT2D eigenvalue weighted by Gasteiger charge is -2.12. The largest absolute Gasteiger partial charge is 0.292 e. The number of nitrogens with zero attached hydrogens (tertiary/aromatic N) is 2. The Kier molecular flexibility index (Phi) is 2.22. The van der Waals surface area contributed by atoms with Crippen LogP contribution < -0.4 is 0 Å². The first kappa shape index (κ1) is 8.56. The number of alkyl halides is 1. The molecular weight excluding hydrogens is 232 g/mol. The van der Waals surface area contributed by atoms with Gasteiger partial charge in [-0.3, -0.25) is 4.79 Å². The maximum atomic E-state index is 11.4. The van der Waals surface area contributed by atoms with E-state index in [1.54, 1.807) is 6.20 Å². The zero-order valence-corrected chi connectivity index (χ0v) is 8.41. The number of Topliss-reactive ketones (excluding diaryl/α,β-unsaturated/α-hetero) is 1. The Morgan fingerprint density at radius 1 is 1.54 bits per heavy atom. The standard InChI is InChI=1S/C9H7BrN2O/c10-3-6-1-2-8(13)9-7(6)4-11-5-12-9/h1,4-5H,2-3H2. The molecule has 3 nitrogen and oxygen atoms in total. The van der Waals surface area contributed by atoms with Gasteiger partial charge in [-0.1, -0.05) is 22.0 Å². The molecule has 0 bridgehead atoms. The Morgan fingerprint density at radius 3 is 3.15 bits per heavy atom. The minimum Gasteiger partial charge on any atom is -0.292 e. The summed E-state index contributed by atoms with van der Waals surface area (Å²) in [5, 5.41) is 0.737. The highest BCUT2D eigenvalue weighted by Gasteiger charge is 2.19. The van der Waals surface area contributed by atoms with Crippen molar-refractivity contribution in [1.82, 2.24) is 9.97 Å². The van der Waals surface area contributed by atoms with Crippen LogP contribution in [0.25, 0.3) is 5.57 Å². The second-order valence-electron chi connectivity index (χ2n) is 2.78. The molecule has 0 radical (unpaired) electrons. The van der Waals surface area contributed by atoms with E-state index < -0.39 is 0 Å². The molecule has 2 rings (SSSR count). The first-order chi connectivity index (χ1) is 6.33. The van der Waals surface area contributed by atoms with Crippen molar-refractivity contribution in [2.45, 2.75) is 6.42 Å². The van der Waals surface area contributed by atoms with Gasteiger partial charge in [0.15, 0.2) is 5.78 Å². The van der Waals surface area contributed by atoms with Crippen molar-refractivity contribution < 1.29 is 4.79 Å². The number of halogens is 1. The van der Waals surface area contributed by atoms with Gasteiger partial charge in [0.05, 0.1) is 0 Å². The lowest BCUT2D eigenvalue weighted by molar-refractivity contribution is 0.0989. The SMILES string of the molecule is O=C1CC=C(CBr)c2cncnc21.